The molecular weight excluding hydrogens is 418 g/mol. The van der Waals surface area contributed by atoms with Crippen LogP contribution in [0.3, 0.4) is 0 Å². The van der Waals surface area contributed by atoms with E-state index in [4.69, 9.17) is 4.74 Å². The van der Waals surface area contributed by atoms with Crippen LogP contribution in [0.2, 0.25) is 0 Å². The number of nitrogens with zero attached hydrogens (tertiary/aromatic N) is 3. The zero-order chi connectivity index (χ0) is 20.8. The van der Waals surface area contributed by atoms with Gasteiger partial charge in [-0.3, -0.25) is 9.78 Å². The van der Waals surface area contributed by atoms with Gasteiger partial charge in [-0.2, -0.15) is 0 Å². The first kappa shape index (κ1) is 34.1. The van der Waals surface area contributed by atoms with Crippen LogP contribution in [-0.4, -0.2) is 63.6 Å². The van der Waals surface area contributed by atoms with Gasteiger partial charge in [0.25, 0.3) is 0 Å². The van der Waals surface area contributed by atoms with Crippen molar-refractivity contribution in [2.75, 3.05) is 12.4 Å². The van der Waals surface area contributed by atoms with E-state index in [2.05, 4.69) is 41.0 Å². The summed E-state index contributed by atoms with van der Waals surface area (Å²) in [7, 11) is 1.59. The van der Waals surface area contributed by atoms with E-state index in [1.165, 1.54) is 12.4 Å². The smallest absolute Gasteiger partial charge is 0.693 e. The zero-order valence-electron chi connectivity index (χ0n) is 17.4. The van der Waals surface area contributed by atoms with Crippen molar-refractivity contribution in [3.63, 3.8) is 0 Å². The molecule has 0 aliphatic rings. The van der Waals surface area contributed by atoms with E-state index in [1.807, 2.05) is 13.8 Å². The second-order valence-corrected chi connectivity index (χ2v) is 6.03. The summed E-state index contributed by atoms with van der Waals surface area (Å²) >= 11 is 2.08. The van der Waals surface area contributed by atoms with Gasteiger partial charge in [0.15, 0.2) is 6.29 Å². The molecule has 1 amide bonds. The Balaban J connectivity index is -0.000000374. The number of carbonyl (C=O) groups excluding carboxylic acids is 2. The van der Waals surface area contributed by atoms with Gasteiger partial charge in [-0.15, -0.1) is 0 Å². The maximum absolute atomic E-state index is 11.6. The van der Waals surface area contributed by atoms with Crippen molar-refractivity contribution >= 4 is 40.7 Å². The molecule has 4 N–H and O–H groups in total. The summed E-state index contributed by atoms with van der Waals surface area (Å²) in [6.07, 6.45) is 2.47. The average molecular weight is 447 g/mol. The molecule has 1 atom stereocenters. The Morgan fingerprint density at radius 2 is 1.79 bits per heavy atom. The van der Waals surface area contributed by atoms with E-state index in [-0.39, 0.29) is 42.1 Å². The van der Waals surface area contributed by atoms with E-state index in [1.54, 1.807) is 34.8 Å². The number of rotatable bonds is 4. The van der Waals surface area contributed by atoms with Crippen molar-refractivity contribution in [1.29, 1.82) is 0 Å². The van der Waals surface area contributed by atoms with Gasteiger partial charge >= 0.3 is 41.3 Å². The number of aldehydes is 1. The minimum atomic E-state index is -0.701. The van der Waals surface area contributed by atoms with Gasteiger partial charge in [-0.05, 0) is 27.7 Å². The first-order valence-electron chi connectivity index (χ1n) is 7.95. The Hall–Kier alpha value is -1.47. The number of anilines is 1. The minimum Gasteiger partial charge on any atom is -0.693 e. The van der Waals surface area contributed by atoms with Gasteiger partial charge in [-0.25, -0.2) is 9.78 Å². The summed E-state index contributed by atoms with van der Waals surface area (Å²) in [6, 6.07) is -0.701. The number of amidine groups is 1. The van der Waals surface area contributed by atoms with Gasteiger partial charge in [0.2, 0.25) is 0 Å². The molecule has 0 fully saturated rings. The fourth-order valence-electron chi connectivity index (χ4n) is 1.26. The Kier molecular flexibility index (Phi) is 23.0. The molecule has 3 radical (unpaired) electrons. The fraction of sp³-hybridized carbons (Fsp3) is 0.562. The van der Waals surface area contributed by atoms with Crippen LogP contribution >= 0.6 is 0 Å². The quantitative estimate of drug-likeness (QED) is 0.311. The standard InChI is InChI=1S/C13H18N5O3.C2H6.CH3O.Al.H2N.V/c1-8(17-12(20)21-13(2,3)4)11(14)18-10-6-15-9(7-19)5-16-10;2*1-2;;;/h5-8H,1-4H3,(H2-,14,16,17,18,19,20);1-2H3;1H3;;1H2;/q-1;;-1;+1;-1;+2. The van der Waals surface area contributed by atoms with Crippen molar-refractivity contribution in [1.82, 2.24) is 15.3 Å². The van der Waals surface area contributed by atoms with Crippen LogP contribution in [0.15, 0.2) is 12.4 Å². The summed E-state index contributed by atoms with van der Waals surface area (Å²) in [5.41, 5.74) is -0.442. The summed E-state index contributed by atoms with van der Waals surface area (Å²) in [6.45, 7) is 10.8. The molecule has 0 aliphatic carbocycles. The van der Waals surface area contributed by atoms with Crippen LogP contribution < -0.4 is 10.6 Å². The molecule has 1 rings (SSSR count). The minimum absolute atomic E-state index is 0. The number of nitrogens with one attached hydrogen (secondary N) is 2. The first-order chi connectivity index (χ1) is 12.1. The van der Waals surface area contributed by atoms with Gasteiger partial charge in [0, 0.05) is 19.3 Å². The van der Waals surface area contributed by atoms with Crippen LogP contribution in [0.5, 0.6) is 0 Å². The summed E-state index contributed by atoms with van der Waals surface area (Å²) in [4.78, 5) is 29.7. The predicted molar refractivity (Wildman–Crippen MR) is 108 cm³/mol. The summed E-state index contributed by atoms with van der Waals surface area (Å²) in [5.74, 6) is 0.0185. The largest absolute Gasteiger partial charge is 2.00 e. The zero-order valence-corrected chi connectivity index (χ0v) is 19.9. The second kappa shape index (κ2) is 18.9. The Labute approximate surface area is 187 Å². The van der Waals surface area contributed by atoms with Crippen molar-refractivity contribution in [3.8, 4) is 0 Å². The predicted octanol–water partition coefficient (Wildman–Crippen LogP) is 3.04. The molecule has 0 saturated carbocycles. The molecule has 0 spiro atoms. The Morgan fingerprint density at radius 3 is 2.14 bits per heavy atom. The molecule has 28 heavy (non-hydrogen) atoms. The molecule has 0 aromatic carbocycles. The third kappa shape index (κ3) is 17.9. The molecule has 10 nitrogen and oxygen atoms in total. The number of ether oxygens (including phenoxy) is 1. The molecule has 0 aliphatic heterocycles. The van der Waals surface area contributed by atoms with E-state index in [9.17, 15) is 15.0 Å². The van der Waals surface area contributed by atoms with Gasteiger partial charge in [0.05, 0.1) is 12.0 Å². The molecular formula is C16H29AlN6O4V. The molecule has 1 heterocycles. The van der Waals surface area contributed by atoms with Crippen molar-refractivity contribution < 1.29 is 36.7 Å². The fourth-order valence-corrected chi connectivity index (χ4v) is 1.26. The Bertz CT molecular complexity index is 555. The molecule has 1 aromatic heterocycles. The van der Waals surface area contributed by atoms with Gasteiger partial charge < -0.3 is 30.7 Å². The third-order valence-corrected chi connectivity index (χ3v) is 2.19. The summed E-state index contributed by atoms with van der Waals surface area (Å²) < 4.78 is 9.24. The van der Waals surface area contributed by atoms with Crippen molar-refractivity contribution in [2.24, 2.45) is 0 Å². The summed E-state index contributed by atoms with van der Waals surface area (Å²) in [5, 5.41) is 14.9. The number of aromatic nitrogens is 2. The number of nitrogens with two attached hydrogens (primary N) is 1. The van der Waals surface area contributed by atoms with Crippen molar-refractivity contribution in [2.45, 2.75) is 53.2 Å². The monoisotopic (exact) mass is 447 g/mol. The number of hydrogen-bond acceptors (Lipinski definition) is 6. The topological polar surface area (TPSA) is 158 Å². The van der Waals surface area contributed by atoms with Crippen LogP contribution in [0.25, 0.3) is 11.6 Å². The normalized spacial score (nSPS) is 9.96. The molecule has 0 saturated heterocycles. The number of carbonyl (C=O) groups is 2. The molecule has 155 valence electrons. The van der Waals surface area contributed by atoms with Crippen LogP contribution in [0.4, 0.5) is 10.6 Å². The van der Waals surface area contributed by atoms with Crippen molar-refractivity contribution in [3.05, 3.63) is 29.6 Å². The Morgan fingerprint density at radius 1 is 1.29 bits per heavy atom. The van der Waals surface area contributed by atoms with E-state index in [0.29, 0.717) is 6.29 Å². The maximum Gasteiger partial charge on any atom is 2.00 e. The molecule has 1 unspecified atom stereocenters. The molecule has 12 heteroatoms. The molecule has 0 bridgehead atoms. The number of hydrogen-bond donors (Lipinski definition) is 2. The van der Waals surface area contributed by atoms with E-state index in [0.717, 1.165) is 0 Å². The van der Waals surface area contributed by atoms with Crippen LogP contribution in [0, 0.1) is 0 Å². The van der Waals surface area contributed by atoms with Gasteiger partial charge in [-0.1, -0.05) is 19.7 Å². The number of alkyl carbamates (subject to hydrolysis) is 1. The SMILES string of the molecule is CC.CC(NC(=O)OC(C)(C)C)C(=[N-])Nc1cnc(C=O)cn1.C[O][Al].[NH2-].[V+2]. The van der Waals surface area contributed by atoms with Gasteiger partial charge in [0.1, 0.15) is 11.3 Å². The van der Waals surface area contributed by atoms with Crippen LogP contribution in [0.1, 0.15) is 52.0 Å². The van der Waals surface area contributed by atoms with E-state index >= 15 is 0 Å². The first-order valence-corrected chi connectivity index (χ1v) is 8.42. The maximum atomic E-state index is 11.6. The third-order valence-electron chi connectivity index (χ3n) is 2.19. The number of amides is 1. The molecule has 1 aromatic rings. The van der Waals surface area contributed by atoms with Crippen LogP contribution in [-0.2, 0) is 27.1 Å². The second-order valence-electron chi connectivity index (χ2n) is 5.56. The average Bonchev–Trinajstić information content (AvgIpc) is 2.56. The van der Waals surface area contributed by atoms with E-state index < -0.39 is 17.7 Å².